The summed E-state index contributed by atoms with van der Waals surface area (Å²) >= 11 is 5.93. The van der Waals surface area contributed by atoms with Crippen LogP contribution < -0.4 is 5.56 Å². The highest BCUT2D eigenvalue weighted by atomic mass is 35.5. The first kappa shape index (κ1) is 16.4. The lowest BCUT2D eigenvalue weighted by molar-refractivity contribution is 0.118. The van der Waals surface area contributed by atoms with Crippen LogP contribution in [0.1, 0.15) is 19.3 Å². The SMILES string of the molecule is O=c1c2ccc(Cl)cc2ncn1CCCN1CCCC(CO)C1. The second-order valence-corrected chi connectivity index (χ2v) is 6.69. The van der Waals surface area contributed by atoms with Crippen molar-refractivity contribution in [2.45, 2.75) is 25.8 Å². The minimum atomic E-state index is -0.0152. The number of likely N-dealkylation sites (tertiary alicyclic amines) is 1. The van der Waals surface area contributed by atoms with E-state index in [1.807, 2.05) is 0 Å². The third-order valence-corrected chi connectivity index (χ3v) is 4.76. The molecule has 0 amide bonds. The van der Waals surface area contributed by atoms with Gasteiger partial charge in [-0.1, -0.05) is 11.6 Å². The quantitative estimate of drug-likeness (QED) is 0.909. The van der Waals surface area contributed by atoms with Crippen LogP contribution >= 0.6 is 11.6 Å². The first-order valence-electron chi connectivity index (χ1n) is 8.15. The maximum Gasteiger partial charge on any atom is 0.261 e. The van der Waals surface area contributed by atoms with Gasteiger partial charge in [0.25, 0.3) is 5.56 Å². The number of aromatic nitrogens is 2. The van der Waals surface area contributed by atoms with Gasteiger partial charge in [0, 0.05) is 24.7 Å². The number of fused-ring (bicyclic) bond motifs is 1. The summed E-state index contributed by atoms with van der Waals surface area (Å²) in [5.41, 5.74) is 0.624. The number of halogens is 1. The fourth-order valence-corrected chi connectivity index (χ4v) is 3.43. The zero-order valence-corrected chi connectivity index (χ0v) is 13.9. The van der Waals surface area contributed by atoms with Crippen LogP contribution in [0.15, 0.2) is 29.3 Å². The van der Waals surface area contributed by atoms with Crippen LogP contribution in [-0.4, -0.2) is 45.8 Å². The predicted octanol–water partition coefficient (Wildman–Crippen LogP) is 2.14. The summed E-state index contributed by atoms with van der Waals surface area (Å²) in [6, 6.07) is 5.17. The first-order valence-corrected chi connectivity index (χ1v) is 8.53. The van der Waals surface area contributed by atoms with Gasteiger partial charge in [-0.2, -0.15) is 0 Å². The zero-order valence-electron chi connectivity index (χ0n) is 13.1. The summed E-state index contributed by atoms with van der Waals surface area (Å²) in [6.45, 7) is 3.92. The molecule has 0 aliphatic carbocycles. The largest absolute Gasteiger partial charge is 0.396 e. The molecule has 1 N–H and O–H groups in total. The molecule has 3 rings (SSSR count). The molecule has 0 radical (unpaired) electrons. The standard InChI is InChI=1S/C17H22ClN3O2/c18-14-4-5-15-16(9-14)19-12-21(17(15)23)8-2-7-20-6-1-3-13(10-20)11-22/h4-5,9,12-13,22H,1-3,6-8,10-11H2. The monoisotopic (exact) mass is 335 g/mol. The molecule has 1 atom stereocenters. The van der Waals surface area contributed by atoms with Crippen molar-refractivity contribution in [3.8, 4) is 0 Å². The van der Waals surface area contributed by atoms with E-state index in [1.54, 1.807) is 29.1 Å². The van der Waals surface area contributed by atoms with Crippen LogP contribution in [0, 0.1) is 5.92 Å². The highest BCUT2D eigenvalue weighted by Gasteiger charge is 2.18. The van der Waals surface area contributed by atoms with Gasteiger partial charge in [-0.05, 0) is 56.5 Å². The number of hydrogen-bond acceptors (Lipinski definition) is 4. The molecule has 1 fully saturated rings. The average Bonchev–Trinajstić information content (AvgIpc) is 2.57. The molecule has 1 aromatic heterocycles. The van der Waals surface area contributed by atoms with E-state index >= 15 is 0 Å². The van der Waals surface area contributed by atoms with E-state index in [2.05, 4.69) is 9.88 Å². The van der Waals surface area contributed by atoms with Crippen molar-refractivity contribution in [2.75, 3.05) is 26.2 Å². The van der Waals surface area contributed by atoms with E-state index in [0.717, 1.165) is 38.9 Å². The Morgan fingerprint density at radius 2 is 2.22 bits per heavy atom. The lowest BCUT2D eigenvalue weighted by Gasteiger charge is -2.31. The van der Waals surface area contributed by atoms with Crippen molar-refractivity contribution in [1.29, 1.82) is 0 Å². The number of benzene rings is 1. The average molecular weight is 336 g/mol. The van der Waals surface area contributed by atoms with Gasteiger partial charge in [-0.15, -0.1) is 0 Å². The first-order chi connectivity index (χ1) is 11.2. The van der Waals surface area contributed by atoms with Crippen LogP contribution in [0.3, 0.4) is 0 Å². The van der Waals surface area contributed by atoms with Crippen LogP contribution in [0.4, 0.5) is 0 Å². The molecule has 0 bridgehead atoms. The van der Waals surface area contributed by atoms with Crippen LogP contribution in [-0.2, 0) is 6.54 Å². The van der Waals surface area contributed by atoms with Crippen molar-refractivity contribution >= 4 is 22.5 Å². The van der Waals surface area contributed by atoms with Gasteiger partial charge in [0.1, 0.15) is 0 Å². The Labute approximate surface area is 140 Å². The smallest absolute Gasteiger partial charge is 0.261 e. The normalized spacial score (nSPS) is 19.3. The van der Waals surface area contributed by atoms with Crippen molar-refractivity contribution in [3.05, 3.63) is 39.9 Å². The Bertz CT molecular complexity index is 731. The Morgan fingerprint density at radius 1 is 1.35 bits per heavy atom. The third kappa shape index (κ3) is 3.91. The summed E-state index contributed by atoms with van der Waals surface area (Å²) in [5, 5.41) is 10.5. The molecule has 0 spiro atoms. The van der Waals surface area contributed by atoms with Crippen molar-refractivity contribution in [3.63, 3.8) is 0 Å². The topological polar surface area (TPSA) is 58.4 Å². The fourth-order valence-electron chi connectivity index (χ4n) is 3.26. The molecule has 2 aromatic rings. The minimum absolute atomic E-state index is 0.0152. The number of aliphatic hydroxyl groups is 1. The van der Waals surface area contributed by atoms with Crippen molar-refractivity contribution < 1.29 is 5.11 Å². The Balaban J connectivity index is 1.62. The van der Waals surface area contributed by atoms with E-state index in [9.17, 15) is 9.90 Å². The number of hydrogen-bond donors (Lipinski definition) is 1. The van der Waals surface area contributed by atoms with Gasteiger partial charge in [0.15, 0.2) is 0 Å². The summed E-state index contributed by atoms with van der Waals surface area (Å²) in [6.07, 6.45) is 4.76. The number of piperidine rings is 1. The molecule has 1 saturated heterocycles. The molecule has 6 heteroatoms. The van der Waals surface area contributed by atoms with E-state index in [-0.39, 0.29) is 12.2 Å². The van der Waals surface area contributed by atoms with Crippen molar-refractivity contribution in [2.24, 2.45) is 5.92 Å². The molecular weight excluding hydrogens is 314 g/mol. The molecule has 0 saturated carbocycles. The van der Waals surface area contributed by atoms with Gasteiger partial charge in [-0.3, -0.25) is 9.36 Å². The molecule has 1 aromatic carbocycles. The van der Waals surface area contributed by atoms with E-state index in [1.165, 1.54) is 0 Å². The van der Waals surface area contributed by atoms with Gasteiger partial charge in [0.2, 0.25) is 0 Å². The molecular formula is C17H22ClN3O2. The molecule has 1 aliphatic rings. The second-order valence-electron chi connectivity index (χ2n) is 6.25. The third-order valence-electron chi connectivity index (χ3n) is 4.52. The Morgan fingerprint density at radius 3 is 3.04 bits per heavy atom. The van der Waals surface area contributed by atoms with Gasteiger partial charge in [0.05, 0.1) is 17.2 Å². The predicted molar refractivity (Wildman–Crippen MR) is 91.9 cm³/mol. The second kappa shape index (κ2) is 7.43. The molecule has 2 heterocycles. The van der Waals surface area contributed by atoms with E-state index in [4.69, 9.17) is 11.6 Å². The summed E-state index contributed by atoms with van der Waals surface area (Å²) in [5.74, 6) is 0.401. The molecule has 124 valence electrons. The zero-order chi connectivity index (χ0) is 16.2. The Hall–Kier alpha value is -1.43. The summed E-state index contributed by atoms with van der Waals surface area (Å²) < 4.78 is 1.67. The van der Waals surface area contributed by atoms with Gasteiger partial charge < -0.3 is 10.0 Å². The van der Waals surface area contributed by atoms with Gasteiger partial charge in [-0.25, -0.2) is 4.98 Å². The maximum absolute atomic E-state index is 12.5. The Kier molecular flexibility index (Phi) is 5.30. The lowest BCUT2D eigenvalue weighted by Crippen LogP contribution is -2.37. The molecule has 5 nitrogen and oxygen atoms in total. The highest BCUT2D eigenvalue weighted by Crippen LogP contribution is 2.16. The number of nitrogens with zero attached hydrogens (tertiary/aromatic N) is 3. The maximum atomic E-state index is 12.5. The highest BCUT2D eigenvalue weighted by molar-refractivity contribution is 6.31. The lowest BCUT2D eigenvalue weighted by atomic mass is 9.99. The van der Waals surface area contributed by atoms with Crippen LogP contribution in [0.25, 0.3) is 10.9 Å². The fraction of sp³-hybridized carbons (Fsp3) is 0.529. The van der Waals surface area contributed by atoms with Crippen LogP contribution in [0.5, 0.6) is 0 Å². The molecule has 23 heavy (non-hydrogen) atoms. The molecule has 1 unspecified atom stereocenters. The number of aryl methyl sites for hydroxylation is 1. The van der Waals surface area contributed by atoms with Gasteiger partial charge >= 0.3 is 0 Å². The summed E-state index contributed by atoms with van der Waals surface area (Å²) in [4.78, 5) is 19.2. The summed E-state index contributed by atoms with van der Waals surface area (Å²) in [7, 11) is 0. The molecule has 1 aliphatic heterocycles. The minimum Gasteiger partial charge on any atom is -0.396 e. The number of aliphatic hydroxyl groups excluding tert-OH is 1. The van der Waals surface area contributed by atoms with Crippen LogP contribution in [0.2, 0.25) is 5.02 Å². The van der Waals surface area contributed by atoms with E-state index < -0.39 is 0 Å². The number of rotatable bonds is 5. The van der Waals surface area contributed by atoms with Crippen molar-refractivity contribution in [1.82, 2.24) is 14.5 Å². The van der Waals surface area contributed by atoms with E-state index in [0.29, 0.717) is 28.4 Å².